The molecule has 0 spiro atoms. The average molecular weight is 338 g/mol. The lowest BCUT2D eigenvalue weighted by molar-refractivity contribution is -0.161. The maximum absolute atomic E-state index is 13.0. The van der Waals surface area contributed by atoms with E-state index >= 15 is 0 Å². The van der Waals surface area contributed by atoms with Crippen LogP contribution in [-0.2, 0) is 19.1 Å². The molecule has 1 aliphatic heterocycles. The summed E-state index contributed by atoms with van der Waals surface area (Å²) in [5, 5.41) is 8.87. The first kappa shape index (κ1) is 19.9. The Morgan fingerprint density at radius 3 is 2.46 bits per heavy atom. The molecule has 1 heterocycles. The zero-order valence-corrected chi connectivity index (χ0v) is 15.0. The van der Waals surface area contributed by atoms with Gasteiger partial charge in [0.25, 0.3) is 0 Å². The lowest BCUT2D eigenvalue weighted by atomic mass is 9.80. The van der Waals surface area contributed by atoms with Crippen LogP contribution in [0.5, 0.6) is 0 Å². The maximum Gasteiger partial charge on any atom is 0.417 e. The van der Waals surface area contributed by atoms with Crippen LogP contribution in [0.4, 0.5) is 4.79 Å². The molecular formula is C17H26N2O5. The van der Waals surface area contributed by atoms with Crippen molar-refractivity contribution in [1.29, 1.82) is 5.26 Å². The van der Waals surface area contributed by atoms with E-state index in [-0.39, 0.29) is 25.9 Å². The molecule has 7 nitrogen and oxygen atoms in total. The van der Waals surface area contributed by atoms with Crippen molar-refractivity contribution < 1.29 is 23.9 Å². The Morgan fingerprint density at radius 1 is 1.38 bits per heavy atom. The number of carbonyl (C=O) groups is 3. The molecular weight excluding hydrogens is 312 g/mol. The van der Waals surface area contributed by atoms with Crippen LogP contribution in [0.15, 0.2) is 0 Å². The van der Waals surface area contributed by atoms with E-state index in [0.29, 0.717) is 6.42 Å². The first-order chi connectivity index (χ1) is 11.1. The van der Waals surface area contributed by atoms with Gasteiger partial charge in [0, 0.05) is 12.5 Å². The van der Waals surface area contributed by atoms with E-state index in [9.17, 15) is 14.4 Å². The highest BCUT2D eigenvalue weighted by molar-refractivity contribution is 6.09. The van der Waals surface area contributed by atoms with Crippen molar-refractivity contribution >= 4 is 18.0 Å². The van der Waals surface area contributed by atoms with Gasteiger partial charge >= 0.3 is 12.1 Å². The van der Waals surface area contributed by atoms with Crippen molar-refractivity contribution in [2.75, 3.05) is 6.61 Å². The molecule has 2 amide bonds. The second-order valence-electron chi connectivity index (χ2n) is 6.88. The number of nitriles is 1. The first-order valence-corrected chi connectivity index (χ1v) is 8.23. The molecule has 24 heavy (non-hydrogen) atoms. The number of hydrogen-bond donors (Lipinski definition) is 0. The Kier molecular flexibility index (Phi) is 6.35. The van der Waals surface area contributed by atoms with Crippen molar-refractivity contribution in [1.82, 2.24) is 4.90 Å². The number of likely N-dealkylation sites (tertiary alicyclic amines) is 1. The Bertz CT molecular complexity index is 546. The third-order valence-corrected chi connectivity index (χ3v) is 3.97. The van der Waals surface area contributed by atoms with Crippen LogP contribution >= 0.6 is 0 Å². The molecule has 0 aromatic carbocycles. The summed E-state index contributed by atoms with van der Waals surface area (Å²) in [4.78, 5) is 38.9. The quantitative estimate of drug-likeness (QED) is 0.565. The van der Waals surface area contributed by atoms with E-state index in [2.05, 4.69) is 0 Å². The summed E-state index contributed by atoms with van der Waals surface area (Å²) in [6.07, 6.45) is -0.0385. The molecule has 134 valence electrons. The third-order valence-electron chi connectivity index (χ3n) is 3.97. The summed E-state index contributed by atoms with van der Waals surface area (Å²) in [7, 11) is 0. The van der Waals surface area contributed by atoms with Gasteiger partial charge in [-0.15, -0.1) is 0 Å². The molecule has 1 fully saturated rings. The molecule has 2 atom stereocenters. The molecule has 0 N–H and O–H groups in total. The zero-order valence-electron chi connectivity index (χ0n) is 15.0. The van der Waals surface area contributed by atoms with Gasteiger partial charge in [-0.1, -0.05) is 6.92 Å². The third kappa shape index (κ3) is 4.05. The molecule has 0 aromatic heterocycles. The van der Waals surface area contributed by atoms with E-state index in [4.69, 9.17) is 14.7 Å². The number of esters is 1. The molecule has 7 heteroatoms. The van der Waals surface area contributed by atoms with E-state index < -0.39 is 35.0 Å². The first-order valence-electron chi connectivity index (χ1n) is 8.23. The second kappa shape index (κ2) is 7.65. The summed E-state index contributed by atoms with van der Waals surface area (Å²) in [6, 6.07) is 1.51. The number of ether oxygens (including phenoxy) is 2. The van der Waals surface area contributed by atoms with Crippen LogP contribution in [0, 0.1) is 16.7 Å². The topological polar surface area (TPSA) is 96.7 Å². The number of carbonyl (C=O) groups excluding carboxylic acids is 3. The largest absolute Gasteiger partial charge is 0.465 e. The standard InChI is InChI=1S/C17H26N2O5/c1-6-12-11-17(9-8-10-18,14(21)23-7-2)13(20)19(12)15(22)24-16(3,4)5/h12H,6-9,11H2,1-5H3/t12-,17+/m1/s1. The molecule has 1 rings (SSSR count). The highest BCUT2D eigenvalue weighted by Gasteiger charge is 2.59. The summed E-state index contributed by atoms with van der Waals surface area (Å²) < 4.78 is 10.4. The number of nitrogens with zero attached hydrogens (tertiary/aromatic N) is 2. The Labute approximate surface area is 142 Å². The van der Waals surface area contributed by atoms with Crippen LogP contribution in [0.1, 0.15) is 60.3 Å². The fraction of sp³-hybridized carbons (Fsp3) is 0.765. The van der Waals surface area contributed by atoms with Gasteiger partial charge in [0.2, 0.25) is 5.91 Å². The Balaban J connectivity index is 3.20. The summed E-state index contributed by atoms with van der Waals surface area (Å²) in [6.45, 7) is 8.74. The van der Waals surface area contributed by atoms with Crippen molar-refractivity contribution in [3.8, 4) is 6.07 Å². The minimum atomic E-state index is -1.48. The van der Waals surface area contributed by atoms with Gasteiger partial charge in [0.05, 0.1) is 12.7 Å². The van der Waals surface area contributed by atoms with Crippen LogP contribution in [0.3, 0.4) is 0 Å². The normalized spacial score (nSPS) is 23.8. The van der Waals surface area contributed by atoms with Crippen LogP contribution < -0.4 is 0 Å². The Hall–Kier alpha value is -2.10. The lowest BCUT2D eigenvalue weighted by Gasteiger charge is -2.27. The predicted octanol–water partition coefficient (Wildman–Crippen LogP) is 2.79. The summed E-state index contributed by atoms with van der Waals surface area (Å²) >= 11 is 0. The second-order valence-corrected chi connectivity index (χ2v) is 6.88. The van der Waals surface area contributed by atoms with Crippen LogP contribution in [0.2, 0.25) is 0 Å². The van der Waals surface area contributed by atoms with Gasteiger partial charge in [-0.3, -0.25) is 9.59 Å². The molecule has 1 aliphatic rings. The van der Waals surface area contributed by atoms with Gasteiger partial charge in [0.15, 0.2) is 0 Å². The molecule has 0 aliphatic carbocycles. The number of rotatable bonds is 5. The van der Waals surface area contributed by atoms with Gasteiger partial charge in [0.1, 0.15) is 11.0 Å². The molecule has 0 saturated carbocycles. The fourth-order valence-electron chi connectivity index (χ4n) is 2.87. The molecule has 1 saturated heterocycles. The van der Waals surface area contributed by atoms with Gasteiger partial charge in [-0.2, -0.15) is 5.26 Å². The predicted molar refractivity (Wildman–Crippen MR) is 85.7 cm³/mol. The van der Waals surface area contributed by atoms with Crippen molar-refractivity contribution in [3.63, 3.8) is 0 Å². The zero-order chi connectivity index (χ0) is 18.5. The minimum absolute atomic E-state index is 0.0309. The number of hydrogen-bond acceptors (Lipinski definition) is 6. The van der Waals surface area contributed by atoms with Gasteiger partial charge < -0.3 is 9.47 Å². The summed E-state index contributed by atoms with van der Waals surface area (Å²) in [5.41, 5.74) is -2.24. The van der Waals surface area contributed by atoms with Gasteiger partial charge in [-0.05, 0) is 47.0 Å². The van der Waals surface area contributed by atoms with Crippen LogP contribution in [-0.4, -0.2) is 41.1 Å². The summed E-state index contributed by atoms with van der Waals surface area (Å²) in [5.74, 6) is -1.30. The molecule has 0 aromatic rings. The highest BCUT2D eigenvalue weighted by atomic mass is 16.6. The molecule has 0 radical (unpaired) electrons. The molecule has 0 bridgehead atoms. The monoisotopic (exact) mass is 338 g/mol. The van der Waals surface area contributed by atoms with Gasteiger partial charge in [-0.25, -0.2) is 9.69 Å². The van der Waals surface area contributed by atoms with Crippen molar-refractivity contribution in [3.05, 3.63) is 0 Å². The average Bonchev–Trinajstić information content (AvgIpc) is 2.77. The maximum atomic E-state index is 13.0. The SMILES string of the molecule is CCOC(=O)[C@@]1(CCC#N)C[C@@H](CC)N(C(=O)OC(C)(C)C)C1=O. The van der Waals surface area contributed by atoms with E-state index in [1.54, 1.807) is 27.7 Å². The molecule has 0 unspecified atom stereocenters. The van der Waals surface area contributed by atoms with E-state index in [1.807, 2.05) is 13.0 Å². The number of imide groups is 1. The minimum Gasteiger partial charge on any atom is -0.465 e. The van der Waals surface area contributed by atoms with Crippen molar-refractivity contribution in [2.45, 2.75) is 71.9 Å². The lowest BCUT2D eigenvalue weighted by Crippen LogP contribution is -2.46. The van der Waals surface area contributed by atoms with Crippen LogP contribution in [0.25, 0.3) is 0 Å². The number of amides is 2. The smallest absolute Gasteiger partial charge is 0.417 e. The fourth-order valence-corrected chi connectivity index (χ4v) is 2.87. The highest BCUT2D eigenvalue weighted by Crippen LogP contribution is 2.43. The Morgan fingerprint density at radius 2 is 2.00 bits per heavy atom. The van der Waals surface area contributed by atoms with Crippen molar-refractivity contribution in [2.24, 2.45) is 5.41 Å². The van der Waals surface area contributed by atoms with E-state index in [1.165, 1.54) is 0 Å². The van der Waals surface area contributed by atoms with E-state index in [0.717, 1.165) is 4.90 Å².